The highest BCUT2D eigenvalue weighted by Crippen LogP contribution is 2.43. The first-order chi connectivity index (χ1) is 6.24. The van der Waals surface area contributed by atoms with Crippen molar-refractivity contribution in [2.24, 2.45) is 0 Å². The molecule has 0 bridgehead atoms. The Balaban J connectivity index is 2.84. The average Bonchev–Trinajstić information content (AvgIpc) is 2.43. The van der Waals surface area contributed by atoms with Crippen molar-refractivity contribution in [2.75, 3.05) is 12.8 Å². The number of anilines is 1. The van der Waals surface area contributed by atoms with Crippen molar-refractivity contribution in [1.82, 2.24) is 0 Å². The van der Waals surface area contributed by atoms with Gasteiger partial charge >= 0.3 is 0 Å². The summed E-state index contributed by atoms with van der Waals surface area (Å²) in [5.41, 5.74) is 5.59. The fourth-order valence-corrected chi connectivity index (χ4v) is 2.21. The second-order valence-corrected chi connectivity index (χ2v) is 3.70. The summed E-state index contributed by atoms with van der Waals surface area (Å²) in [6.45, 7) is 0. The van der Waals surface area contributed by atoms with E-state index in [1.807, 2.05) is 18.2 Å². The van der Waals surface area contributed by atoms with E-state index in [0.717, 1.165) is 15.8 Å². The van der Waals surface area contributed by atoms with Crippen molar-refractivity contribution in [3.05, 3.63) is 18.2 Å². The van der Waals surface area contributed by atoms with Crippen LogP contribution in [0.4, 0.5) is 5.00 Å². The van der Waals surface area contributed by atoms with Crippen LogP contribution >= 0.6 is 11.3 Å². The van der Waals surface area contributed by atoms with Gasteiger partial charge in [0.1, 0.15) is 10.8 Å². The molecule has 0 radical (unpaired) electrons. The number of aromatic hydroxyl groups is 1. The highest BCUT2D eigenvalue weighted by molar-refractivity contribution is 7.23. The summed E-state index contributed by atoms with van der Waals surface area (Å²) in [5.74, 6) is 0.897. The van der Waals surface area contributed by atoms with Crippen LogP contribution in [-0.4, -0.2) is 12.2 Å². The molecule has 1 aromatic carbocycles. The molecule has 0 saturated carbocycles. The van der Waals surface area contributed by atoms with Gasteiger partial charge in [-0.1, -0.05) is 6.07 Å². The topological polar surface area (TPSA) is 55.5 Å². The normalized spacial score (nSPS) is 10.5. The minimum atomic E-state index is 0.152. The Morgan fingerprint density at radius 1 is 1.46 bits per heavy atom. The Labute approximate surface area is 79.4 Å². The highest BCUT2D eigenvalue weighted by Gasteiger charge is 2.11. The van der Waals surface area contributed by atoms with Gasteiger partial charge in [0.05, 0.1) is 11.8 Å². The number of nitrogens with two attached hydrogens (primary N) is 1. The summed E-state index contributed by atoms with van der Waals surface area (Å²) in [7, 11) is 1.60. The van der Waals surface area contributed by atoms with E-state index in [4.69, 9.17) is 10.5 Å². The Morgan fingerprint density at radius 2 is 2.23 bits per heavy atom. The molecule has 0 spiro atoms. The molecule has 13 heavy (non-hydrogen) atoms. The molecule has 1 aromatic heterocycles. The molecule has 0 aliphatic heterocycles. The predicted octanol–water partition coefficient (Wildman–Crippen LogP) is 2.20. The molecule has 4 heteroatoms. The summed E-state index contributed by atoms with van der Waals surface area (Å²) in [6.07, 6.45) is 0. The molecule has 0 aliphatic rings. The Morgan fingerprint density at radius 3 is 2.92 bits per heavy atom. The molecule has 2 aromatic rings. The van der Waals surface area contributed by atoms with E-state index >= 15 is 0 Å². The largest absolute Gasteiger partial charge is 0.504 e. The van der Waals surface area contributed by atoms with E-state index in [1.165, 1.54) is 11.3 Å². The van der Waals surface area contributed by atoms with E-state index in [2.05, 4.69) is 0 Å². The van der Waals surface area contributed by atoms with Crippen LogP contribution in [0, 0.1) is 0 Å². The summed E-state index contributed by atoms with van der Waals surface area (Å²) in [5, 5.41) is 10.7. The van der Waals surface area contributed by atoms with Crippen molar-refractivity contribution in [1.29, 1.82) is 0 Å². The molecule has 1 heterocycles. The van der Waals surface area contributed by atoms with Crippen LogP contribution < -0.4 is 10.5 Å². The van der Waals surface area contributed by atoms with E-state index in [0.29, 0.717) is 5.00 Å². The fraction of sp³-hybridized carbons (Fsp3) is 0.111. The predicted molar refractivity (Wildman–Crippen MR) is 54.5 cm³/mol. The summed E-state index contributed by atoms with van der Waals surface area (Å²) in [6, 6.07) is 5.49. The number of hydrogen-bond donors (Lipinski definition) is 2. The van der Waals surface area contributed by atoms with Crippen LogP contribution in [0.25, 0.3) is 10.1 Å². The third kappa shape index (κ3) is 1.10. The van der Waals surface area contributed by atoms with Crippen LogP contribution in [0.15, 0.2) is 18.2 Å². The Bertz CT molecular complexity index is 450. The lowest BCUT2D eigenvalue weighted by molar-refractivity contribution is 0.420. The molecule has 0 saturated heterocycles. The average molecular weight is 195 g/mol. The maximum Gasteiger partial charge on any atom is 0.157 e. The third-order valence-electron chi connectivity index (χ3n) is 1.90. The maximum atomic E-state index is 9.55. The summed E-state index contributed by atoms with van der Waals surface area (Å²) in [4.78, 5) is 0. The standard InChI is InChI=1S/C9H9NO2S/c1-12-6-4-2-3-5-7(11)9(10)13-8(5)6/h2-4,11H,10H2,1H3. The number of hydrogen-bond acceptors (Lipinski definition) is 4. The minimum absolute atomic E-state index is 0.152. The van der Waals surface area contributed by atoms with Crippen molar-refractivity contribution in [3.63, 3.8) is 0 Å². The smallest absolute Gasteiger partial charge is 0.157 e. The fourth-order valence-electron chi connectivity index (χ4n) is 1.26. The van der Waals surface area contributed by atoms with Gasteiger partial charge in [0.15, 0.2) is 5.75 Å². The van der Waals surface area contributed by atoms with E-state index in [9.17, 15) is 5.11 Å². The van der Waals surface area contributed by atoms with Gasteiger partial charge < -0.3 is 15.6 Å². The van der Waals surface area contributed by atoms with Crippen LogP contribution in [0.1, 0.15) is 0 Å². The van der Waals surface area contributed by atoms with Gasteiger partial charge in [0.25, 0.3) is 0 Å². The minimum Gasteiger partial charge on any atom is -0.504 e. The molecule has 68 valence electrons. The zero-order chi connectivity index (χ0) is 9.42. The summed E-state index contributed by atoms with van der Waals surface area (Å²) >= 11 is 1.33. The molecule has 0 fully saturated rings. The molecule has 0 amide bonds. The van der Waals surface area contributed by atoms with E-state index in [1.54, 1.807) is 7.11 Å². The SMILES string of the molecule is COc1cccc2c(O)c(N)sc12. The van der Waals surface area contributed by atoms with Gasteiger partial charge in [-0.25, -0.2) is 0 Å². The Kier molecular flexibility index (Phi) is 1.77. The van der Waals surface area contributed by atoms with Crippen molar-refractivity contribution >= 4 is 26.4 Å². The molecule has 0 atom stereocenters. The van der Waals surface area contributed by atoms with Crippen LogP contribution in [0.3, 0.4) is 0 Å². The molecule has 0 unspecified atom stereocenters. The Hall–Kier alpha value is -1.42. The van der Waals surface area contributed by atoms with Gasteiger partial charge in [-0.2, -0.15) is 0 Å². The molecule has 3 nitrogen and oxygen atoms in total. The first kappa shape index (κ1) is 8.19. The molecular formula is C9H9NO2S. The lowest BCUT2D eigenvalue weighted by Gasteiger charge is -1.99. The monoisotopic (exact) mass is 195 g/mol. The maximum absolute atomic E-state index is 9.55. The van der Waals surface area contributed by atoms with E-state index < -0.39 is 0 Å². The van der Waals surface area contributed by atoms with Gasteiger partial charge in [0.2, 0.25) is 0 Å². The number of fused-ring (bicyclic) bond motifs is 1. The van der Waals surface area contributed by atoms with Crippen molar-refractivity contribution in [2.45, 2.75) is 0 Å². The second kappa shape index (κ2) is 2.81. The first-order valence-electron chi connectivity index (χ1n) is 3.78. The number of methoxy groups -OCH3 is 1. The van der Waals surface area contributed by atoms with Crippen LogP contribution in [0.5, 0.6) is 11.5 Å². The van der Waals surface area contributed by atoms with Crippen molar-refractivity contribution in [3.8, 4) is 11.5 Å². The molecular weight excluding hydrogens is 186 g/mol. The quantitative estimate of drug-likeness (QED) is 0.733. The van der Waals surface area contributed by atoms with Gasteiger partial charge in [0, 0.05) is 5.39 Å². The van der Waals surface area contributed by atoms with Crippen molar-refractivity contribution < 1.29 is 9.84 Å². The zero-order valence-electron chi connectivity index (χ0n) is 7.07. The highest BCUT2D eigenvalue weighted by atomic mass is 32.1. The van der Waals surface area contributed by atoms with Gasteiger partial charge in [-0.05, 0) is 12.1 Å². The van der Waals surface area contributed by atoms with Gasteiger partial charge in [-0.3, -0.25) is 0 Å². The number of rotatable bonds is 1. The van der Waals surface area contributed by atoms with Crippen LogP contribution in [-0.2, 0) is 0 Å². The lowest BCUT2D eigenvalue weighted by Crippen LogP contribution is -1.80. The van der Waals surface area contributed by atoms with Crippen LogP contribution in [0.2, 0.25) is 0 Å². The molecule has 2 rings (SSSR count). The first-order valence-corrected chi connectivity index (χ1v) is 4.59. The number of nitrogen functional groups attached to an aromatic ring is 1. The number of ether oxygens (including phenoxy) is 1. The number of benzene rings is 1. The summed E-state index contributed by atoms with van der Waals surface area (Å²) < 4.78 is 6.03. The molecule has 3 N–H and O–H groups in total. The number of thiophene rings is 1. The van der Waals surface area contributed by atoms with E-state index in [-0.39, 0.29) is 5.75 Å². The lowest BCUT2D eigenvalue weighted by atomic mass is 10.2. The molecule has 0 aliphatic carbocycles. The van der Waals surface area contributed by atoms with Gasteiger partial charge in [-0.15, -0.1) is 11.3 Å². The second-order valence-electron chi connectivity index (χ2n) is 2.65. The third-order valence-corrected chi connectivity index (χ3v) is 2.94. The zero-order valence-corrected chi connectivity index (χ0v) is 7.89.